The van der Waals surface area contributed by atoms with Gasteiger partial charge in [0.1, 0.15) is 24.8 Å². The Morgan fingerprint density at radius 1 is 0.624 bits per heavy atom. The molecule has 0 bridgehead atoms. The number of benzene rings is 7. The van der Waals surface area contributed by atoms with E-state index in [1.165, 1.54) is 55.1 Å². The molecule has 4 aliphatic heterocycles. The van der Waals surface area contributed by atoms with Gasteiger partial charge in [-0.05, 0) is 171 Å². The molecule has 5 unspecified atom stereocenters. The minimum Gasteiger partial charge on any atom is -0.478 e. The highest BCUT2D eigenvalue weighted by molar-refractivity contribution is 8.30. The minimum atomic E-state index is -0.939. The number of hydrogen-bond donors (Lipinski definition) is 3. The molecule has 16 nitrogen and oxygen atoms in total. The number of pyridine rings is 2. The number of amides is 3. The van der Waals surface area contributed by atoms with Crippen molar-refractivity contribution in [2.75, 3.05) is 36.5 Å². The molecular formula is C88H79N9O7S5+2. The summed E-state index contributed by atoms with van der Waals surface area (Å²) in [6, 6.07) is 67.1. The normalized spacial score (nSPS) is 19.2. The molecule has 2 saturated heterocycles. The first-order valence-corrected chi connectivity index (χ1v) is 40.2. The third-order valence-electron chi connectivity index (χ3n) is 21.5. The number of fused-ring (bicyclic) bond motifs is 6. The van der Waals surface area contributed by atoms with E-state index in [1.54, 1.807) is 24.1 Å². The number of carboxylic acid groups (broad SMARTS) is 1. The summed E-state index contributed by atoms with van der Waals surface area (Å²) in [5, 5.41) is 12.4. The van der Waals surface area contributed by atoms with E-state index in [0.29, 0.717) is 77.6 Å². The van der Waals surface area contributed by atoms with Crippen LogP contribution in [-0.2, 0) is 32.3 Å². The van der Waals surface area contributed by atoms with Crippen LogP contribution in [0.2, 0.25) is 0 Å². The molecule has 3 N–H and O–H groups in total. The summed E-state index contributed by atoms with van der Waals surface area (Å²) < 4.78 is 7.14. The second-order valence-electron chi connectivity index (χ2n) is 28.1. The zero-order chi connectivity index (χ0) is 74.8. The third-order valence-corrected chi connectivity index (χ3v) is 25.7. The van der Waals surface area contributed by atoms with Gasteiger partial charge < -0.3 is 14.9 Å². The summed E-state index contributed by atoms with van der Waals surface area (Å²) in [4.78, 5) is 82.5. The third kappa shape index (κ3) is 15.3. The predicted octanol–water partition coefficient (Wildman–Crippen LogP) is 14.8. The van der Waals surface area contributed by atoms with Gasteiger partial charge in [-0.15, -0.1) is 11.3 Å². The number of carbonyl (C=O) groups excluding carboxylic acids is 3. The first-order chi connectivity index (χ1) is 53.2. The van der Waals surface area contributed by atoms with Crippen LogP contribution in [0, 0.1) is 0 Å². The topological polar surface area (TPSA) is 165 Å². The van der Waals surface area contributed by atoms with Gasteiger partial charge in [0.25, 0.3) is 17.4 Å². The van der Waals surface area contributed by atoms with E-state index < -0.39 is 12.1 Å². The van der Waals surface area contributed by atoms with Gasteiger partial charge in [-0.25, -0.2) is 9.36 Å². The standard InChI is InChI=1S/C88H77N9O7S5/c1-3-79(90-80(98)55-95-83(100)77(107-85(95)81-84(101)91(2)87(105)109-81)53-59-28-36-76-71(51-59)68-16-11-19-74(68)97(76)67-34-26-58(27-35-67)50-70(63-12-6-4-7-13-63)64-14-8-5-9-15-64)93-45-40-62(41-46-93)61-38-43-92(44-39-61)47-42-89-104-49-48-94-82(99)78(108-88(94)106)54-60-29-37-75-72(52-60)69-17-10-18-73(69)96(75)66-32-24-57(25-33-66)21-20-56-22-30-65(31-23-56)86(102)103/h4-9,12-15,20-41,43-46,50-54,68-69,73-74,79,89H,3,10-11,16-19,42,47-49,55H2,1-2H3/p+2/b21-20+,77-53+,78-54+,85-81+. The molecule has 2 aliphatic carbocycles. The number of thiocarbonyl (C=S) groups is 2. The number of nitrogens with zero attached hydrogens (tertiary/aromatic N) is 7. The zero-order valence-electron chi connectivity index (χ0n) is 60.1. The Morgan fingerprint density at radius 2 is 1.17 bits per heavy atom. The van der Waals surface area contributed by atoms with Crippen LogP contribution in [0.15, 0.2) is 229 Å². The summed E-state index contributed by atoms with van der Waals surface area (Å²) in [5.74, 6) is -1.01. The van der Waals surface area contributed by atoms with Crippen molar-refractivity contribution in [1.29, 1.82) is 0 Å². The molecule has 5 atom stereocenters. The lowest BCUT2D eigenvalue weighted by Gasteiger charge is -2.27. The predicted molar refractivity (Wildman–Crippen MR) is 444 cm³/mol. The minimum absolute atomic E-state index is 0.127. The number of rotatable bonds is 23. The number of thioether (sulfide) groups is 2. The van der Waals surface area contributed by atoms with Gasteiger partial charge in [-0.2, -0.15) is 10.0 Å². The number of nitrogens with one attached hydrogen (secondary N) is 2. The van der Waals surface area contributed by atoms with Crippen molar-refractivity contribution in [3.63, 3.8) is 0 Å². The van der Waals surface area contributed by atoms with Crippen molar-refractivity contribution in [2.24, 2.45) is 0 Å². The molecule has 3 aromatic heterocycles. The Hall–Kier alpha value is -10.5. The molecule has 7 heterocycles. The van der Waals surface area contributed by atoms with E-state index >= 15 is 0 Å². The maximum absolute atomic E-state index is 14.7. The molecule has 16 rings (SSSR count). The van der Waals surface area contributed by atoms with Crippen molar-refractivity contribution < 1.29 is 38.3 Å². The number of carbonyl (C=O) groups is 4. The number of hydrogen-bond acceptors (Lipinski definition) is 14. The van der Waals surface area contributed by atoms with E-state index in [-0.39, 0.29) is 42.0 Å². The number of anilines is 4. The lowest BCUT2D eigenvalue weighted by Crippen LogP contribution is -2.50. The Labute approximate surface area is 655 Å². The first kappa shape index (κ1) is 72.7. The van der Waals surface area contributed by atoms with Gasteiger partial charge in [-0.3, -0.25) is 43.7 Å². The number of hydroxylamine groups is 1. The largest absolute Gasteiger partial charge is 0.478 e. The monoisotopic (exact) mass is 1530 g/mol. The van der Waals surface area contributed by atoms with Crippen LogP contribution < -0.4 is 44.5 Å². The van der Waals surface area contributed by atoms with Gasteiger partial charge in [-0.1, -0.05) is 189 Å². The van der Waals surface area contributed by atoms with Crippen LogP contribution >= 0.6 is 59.3 Å². The number of carboxylic acids is 1. The van der Waals surface area contributed by atoms with Crippen molar-refractivity contribution in [3.05, 3.63) is 299 Å². The Bertz CT molecular complexity index is 5460. The van der Waals surface area contributed by atoms with E-state index in [4.69, 9.17) is 29.3 Å². The molecular weight excluding hydrogens is 1460 g/mol. The summed E-state index contributed by atoms with van der Waals surface area (Å²) in [7, 11) is 1.63. The Morgan fingerprint density at radius 3 is 1.73 bits per heavy atom. The second kappa shape index (κ2) is 32.0. The van der Waals surface area contributed by atoms with Gasteiger partial charge in [0.15, 0.2) is 31.3 Å². The molecule has 21 heteroatoms. The molecule has 6 aliphatic rings. The fourth-order valence-electron chi connectivity index (χ4n) is 16.0. The summed E-state index contributed by atoms with van der Waals surface area (Å²) in [6.45, 7) is 3.42. The number of aromatic nitrogens is 3. The molecule has 0 radical (unpaired) electrons. The van der Waals surface area contributed by atoms with E-state index in [1.807, 2.05) is 97.0 Å². The van der Waals surface area contributed by atoms with Crippen LogP contribution in [-0.4, -0.2) is 90.6 Å². The fraction of sp³-hybridized carbons (Fsp3) is 0.216. The molecule has 2 saturated carbocycles. The number of aromatic carboxylic acids is 1. The van der Waals surface area contributed by atoms with Crippen molar-refractivity contribution in [1.82, 2.24) is 25.2 Å². The highest BCUT2D eigenvalue weighted by atomic mass is 32.2. The van der Waals surface area contributed by atoms with Crippen LogP contribution in [0.5, 0.6) is 0 Å². The fourth-order valence-corrected chi connectivity index (χ4v) is 19.7. The summed E-state index contributed by atoms with van der Waals surface area (Å²) >= 11 is 15.0. The average molecular weight is 1530 g/mol. The van der Waals surface area contributed by atoms with Crippen molar-refractivity contribution in [3.8, 4) is 11.1 Å². The molecule has 109 heavy (non-hydrogen) atoms. The molecule has 546 valence electrons. The molecule has 4 fully saturated rings. The van der Waals surface area contributed by atoms with Gasteiger partial charge in [0, 0.05) is 84.4 Å². The van der Waals surface area contributed by atoms with Gasteiger partial charge in [0.05, 0.1) is 34.7 Å². The maximum Gasteiger partial charge on any atom is 0.335 e. The Balaban J connectivity index is 0.519. The highest BCUT2D eigenvalue weighted by Crippen LogP contribution is 2.54. The SMILES string of the molecule is CCC(NC(=O)Cn1c(=O)/c(=C\c2ccc3c(c2)C2CCCC2N3c2ccc(C=C(c3ccccc3)c3ccccc3)cc2)s/c1=C1/SC(=S)N(C)C1=O)[n+]1ccc(-c2cc[n+](CCNOCCN3C(=O)/C(=C\c4ccc5c(c4)C4CCCC4N5c4ccc(/C=C/c5ccc(C(=O)O)cc5)cc4)SC3=S)cc2)cc1. The maximum atomic E-state index is 14.7. The quantitative estimate of drug-likeness (QED) is 0.0138. The summed E-state index contributed by atoms with van der Waals surface area (Å²) in [6.07, 6.45) is 24.8. The Kier molecular flexibility index (Phi) is 21.3. The van der Waals surface area contributed by atoms with Crippen LogP contribution in [0.1, 0.15) is 130 Å². The highest BCUT2D eigenvalue weighted by Gasteiger charge is 2.44. The second-order valence-corrected chi connectivity index (χ2v) is 32.5. The van der Waals surface area contributed by atoms with E-state index in [2.05, 4.69) is 177 Å². The summed E-state index contributed by atoms with van der Waals surface area (Å²) in [5.41, 5.74) is 20.6. The average Bonchev–Trinajstić information content (AvgIpc) is 1.59. The molecule has 7 aromatic carbocycles. The van der Waals surface area contributed by atoms with Crippen LogP contribution in [0.3, 0.4) is 0 Å². The molecule has 0 spiro atoms. The van der Waals surface area contributed by atoms with Crippen molar-refractivity contribution in [2.45, 2.75) is 95.0 Å². The zero-order valence-corrected chi connectivity index (χ0v) is 64.2. The number of thiazole rings is 1. The van der Waals surface area contributed by atoms with Gasteiger partial charge in [0.2, 0.25) is 12.1 Å². The lowest BCUT2D eigenvalue weighted by molar-refractivity contribution is -0.727. The van der Waals surface area contributed by atoms with Gasteiger partial charge >= 0.3 is 5.97 Å². The van der Waals surface area contributed by atoms with Crippen LogP contribution in [0.4, 0.5) is 22.7 Å². The van der Waals surface area contributed by atoms with E-state index in [0.717, 1.165) is 117 Å². The lowest BCUT2D eigenvalue weighted by atomic mass is 9.95. The molecule has 3 amide bonds. The first-order valence-electron chi connectivity index (χ1n) is 36.9. The van der Waals surface area contributed by atoms with Crippen LogP contribution in [0.25, 0.3) is 52.0 Å². The molecule has 10 aromatic rings. The smallest absolute Gasteiger partial charge is 0.335 e. The van der Waals surface area contributed by atoms with E-state index in [9.17, 15) is 29.1 Å². The van der Waals surface area contributed by atoms with Crippen molar-refractivity contribution >= 4 is 155 Å².